The number of ether oxygens (including phenoxy) is 2. The molecule has 0 saturated heterocycles. The summed E-state index contributed by atoms with van der Waals surface area (Å²) in [5, 5.41) is 0. The molecule has 0 unspecified atom stereocenters. The topological polar surface area (TPSA) is 38.8 Å². The lowest BCUT2D eigenvalue weighted by Crippen LogP contribution is -2.25. The molecule has 0 fully saturated rings. The Hall–Kier alpha value is -1.81. The van der Waals surface area contributed by atoms with E-state index < -0.39 is 0 Å². The van der Waals surface area contributed by atoms with Crippen molar-refractivity contribution in [2.24, 2.45) is 0 Å². The third-order valence-corrected chi connectivity index (χ3v) is 3.55. The molecule has 0 N–H and O–H groups in total. The Labute approximate surface area is 113 Å². The molecule has 0 radical (unpaired) electrons. The molecule has 0 bridgehead atoms. The largest absolute Gasteiger partial charge is 0.466 e. The summed E-state index contributed by atoms with van der Waals surface area (Å²) in [5.41, 5.74) is 2.73. The Balaban J connectivity index is 2.23. The summed E-state index contributed by atoms with van der Waals surface area (Å²) in [4.78, 5) is 13.8. The summed E-state index contributed by atoms with van der Waals surface area (Å²) in [7, 11) is 3.37. The van der Waals surface area contributed by atoms with Gasteiger partial charge in [-0.3, -0.25) is 0 Å². The van der Waals surface area contributed by atoms with Crippen LogP contribution < -0.4 is 0 Å². The molecule has 0 amide bonds. The number of hydrogen-bond donors (Lipinski definition) is 0. The van der Waals surface area contributed by atoms with Crippen LogP contribution in [0.1, 0.15) is 18.5 Å². The molecule has 4 heteroatoms. The van der Waals surface area contributed by atoms with Crippen molar-refractivity contribution < 1.29 is 14.3 Å². The van der Waals surface area contributed by atoms with E-state index in [4.69, 9.17) is 9.47 Å². The predicted octanol–water partition coefficient (Wildman–Crippen LogP) is 2.14. The highest BCUT2D eigenvalue weighted by Crippen LogP contribution is 2.27. The van der Waals surface area contributed by atoms with Crippen molar-refractivity contribution in [3.8, 4) is 0 Å². The van der Waals surface area contributed by atoms with Gasteiger partial charge >= 0.3 is 5.97 Å². The molecular formula is C15H19NO3. The minimum Gasteiger partial charge on any atom is -0.466 e. The first-order valence-electron chi connectivity index (χ1n) is 6.31. The fourth-order valence-electron chi connectivity index (χ4n) is 2.22. The van der Waals surface area contributed by atoms with Crippen LogP contribution in [0.25, 0.3) is 0 Å². The lowest BCUT2D eigenvalue weighted by molar-refractivity contribution is -0.136. The molecular weight excluding hydrogens is 242 g/mol. The van der Waals surface area contributed by atoms with Crippen LogP contribution in [0, 0.1) is 0 Å². The fraction of sp³-hybridized carbons (Fsp3) is 0.400. The van der Waals surface area contributed by atoms with Gasteiger partial charge in [-0.05, 0) is 12.5 Å². The first kappa shape index (κ1) is 13.6. The quantitative estimate of drug-likeness (QED) is 0.778. The Morgan fingerprint density at radius 2 is 2.00 bits per heavy atom. The Kier molecular flexibility index (Phi) is 4.22. The second-order valence-electron chi connectivity index (χ2n) is 4.61. The van der Waals surface area contributed by atoms with E-state index in [1.165, 1.54) is 12.7 Å². The van der Waals surface area contributed by atoms with Crippen molar-refractivity contribution >= 4 is 5.97 Å². The number of carbonyl (C=O) groups excluding carboxylic acids is 1. The molecule has 102 valence electrons. The molecule has 1 aliphatic rings. The second kappa shape index (κ2) is 5.89. The Bertz CT molecular complexity index is 481. The van der Waals surface area contributed by atoms with Gasteiger partial charge in [-0.25, -0.2) is 4.79 Å². The van der Waals surface area contributed by atoms with Crippen LogP contribution in [0.5, 0.6) is 0 Å². The molecule has 0 spiro atoms. The molecule has 1 atom stereocenters. The molecule has 0 aliphatic carbocycles. The van der Waals surface area contributed by atoms with Gasteiger partial charge in [0.1, 0.15) is 0 Å². The van der Waals surface area contributed by atoms with Crippen LogP contribution in [0.15, 0.2) is 41.6 Å². The Morgan fingerprint density at radius 3 is 2.63 bits per heavy atom. The highest BCUT2D eigenvalue weighted by molar-refractivity contribution is 5.90. The van der Waals surface area contributed by atoms with E-state index in [1.807, 2.05) is 25.2 Å². The van der Waals surface area contributed by atoms with Crippen LogP contribution in [0.3, 0.4) is 0 Å². The maximum atomic E-state index is 11.7. The van der Waals surface area contributed by atoms with Crippen LogP contribution in [0.2, 0.25) is 0 Å². The van der Waals surface area contributed by atoms with Gasteiger partial charge in [-0.1, -0.05) is 30.3 Å². The van der Waals surface area contributed by atoms with Crippen LogP contribution in [0.4, 0.5) is 0 Å². The average Bonchev–Trinajstić information content (AvgIpc) is 2.95. The summed E-state index contributed by atoms with van der Waals surface area (Å²) in [5.74, 6) is -0.306. The van der Waals surface area contributed by atoms with Gasteiger partial charge in [0.25, 0.3) is 0 Å². The highest BCUT2D eigenvalue weighted by atomic mass is 16.5. The van der Waals surface area contributed by atoms with Gasteiger partial charge in [0.05, 0.1) is 37.6 Å². The van der Waals surface area contributed by atoms with Gasteiger partial charge in [0, 0.05) is 7.05 Å². The summed E-state index contributed by atoms with van der Waals surface area (Å²) in [6.07, 6.45) is 0. The van der Waals surface area contributed by atoms with E-state index in [2.05, 4.69) is 24.0 Å². The SMILES string of the molecule is COC(=O)C1=C(N(C)[C@H](C)c2ccccc2)COC1. The van der Waals surface area contributed by atoms with Gasteiger partial charge in [0.2, 0.25) is 0 Å². The van der Waals surface area contributed by atoms with Crippen LogP contribution >= 0.6 is 0 Å². The third-order valence-electron chi connectivity index (χ3n) is 3.55. The average molecular weight is 261 g/mol. The van der Waals surface area contributed by atoms with Crippen LogP contribution in [-0.2, 0) is 14.3 Å². The number of nitrogens with zero attached hydrogens (tertiary/aromatic N) is 1. The highest BCUT2D eigenvalue weighted by Gasteiger charge is 2.27. The lowest BCUT2D eigenvalue weighted by atomic mass is 10.1. The predicted molar refractivity (Wildman–Crippen MR) is 72.5 cm³/mol. The fourth-order valence-corrected chi connectivity index (χ4v) is 2.22. The first-order valence-corrected chi connectivity index (χ1v) is 6.31. The third kappa shape index (κ3) is 2.79. The summed E-state index contributed by atoms with van der Waals surface area (Å²) in [6, 6.07) is 10.4. The molecule has 1 aromatic rings. The number of benzene rings is 1. The second-order valence-corrected chi connectivity index (χ2v) is 4.61. The van der Waals surface area contributed by atoms with Crippen molar-refractivity contribution in [3.63, 3.8) is 0 Å². The van der Waals surface area contributed by atoms with Crippen molar-refractivity contribution in [2.45, 2.75) is 13.0 Å². The van der Waals surface area contributed by atoms with Gasteiger partial charge < -0.3 is 14.4 Å². The number of rotatable bonds is 4. The zero-order valence-electron chi connectivity index (χ0n) is 11.6. The van der Waals surface area contributed by atoms with E-state index in [0.717, 1.165) is 5.70 Å². The van der Waals surface area contributed by atoms with Crippen LogP contribution in [-0.4, -0.2) is 38.2 Å². The molecule has 1 aliphatic heterocycles. The van der Waals surface area contributed by atoms with E-state index in [1.54, 1.807) is 0 Å². The van der Waals surface area contributed by atoms with E-state index in [9.17, 15) is 4.79 Å². The zero-order chi connectivity index (χ0) is 13.8. The molecule has 0 aromatic heterocycles. The smallest absolute Gasteiger partial charge is 0.337 e. The van der Waals surface area contributed by atoms with E-state index in [0.29, 0.717) is 18.8 Å². The normalized spacial score (nSPS) is 16.4. The maximum absolute atomic E-state index is 11.7. The molecule has 0 saturated carbocycles. The molecule has 1 heterocycles. The summed E-state index contributed by atoms with van der Waals surface area (Å²) < 4.78 is 10.2. The molecule has 19 heavy (non-hydrogen) atoms. The monoisotopic (exact) mass is 261 g/mol. The number of hydrogen-bond acceptors (Lipinski definition) is 4. The summed E-state index contributed by atoms with van der Waals surface area (Å²) >= 11 is 0. The molecule has 1 aromatic carbocycles. The minimum atomic E-state index is -0.306. The first-order chi connectivity index (χ1) is 9.15. The van der Waals surface area contributed by atoms with E-state index >= 15 is 0 Å². The molecule has 2 rings (SSSR count). The van der Waals surface area contributed by atoms with Gasteiger partial charge in [-0.15, -0.1) is 0 Å². The standard InChI is InChI=1S/C15H19NO3/c1-11(12-7-5-4-6-8-12)16(2)14-10-19-9-13(14)15(17)18-3/h4-8,11H,9-10H2,1-3H3/t11-/m1/s1. The minimum absolute atomic E-state index is 0.178. The maximum Gasteiger partial charge on any atom is 0.337 e. The number of likely N-dealkylation sites (N-methyl/N-ethyl adjacent to an activating group) is 1. The van der Waals surface area contributed by atoms with Gasteiger partial charge in [0.15, 0.2) is 0 Å². The Morgan fingerprint density at radius 1 is 1.32 bits per heavy atom. The zero-order valence-corrected chi connectivity index (χ0v) is 11.6. The number of carbonyl (C=O) groups is 1. The summed E-state index contributed by atoms with van der Waals surface area (Å²) in [6.45, 7) is 2.89. The van der Waals surface area contributed by atoms with Crippen molar-refractivity contribution in [2.75, 3.05) is 27.4 Å². The number of methoxy groups -OCH3 is 1. The van der Waals surface area contributed by atoms with Crippen molar-refractivity contribution in [1.82, 2.24) is 4.90 Å². The van der Waals surface area contributed by atoms with Crippen molar-refractivity contribution in [3.05, 3.63) is 47.2 Å². The van der Waals surface area contributed by atoms with E-state index in [-0.39, 0.29) is 12.0 Å². The number of esters is 1. The van der Waals surface area contributed by atoms with Gasteiger partial charge in [-0.2, -0.15) is 0 Å². The van der Waals surface area contributed by atoms with Crippen molar-refractivity contribution in [1.29, 1.82) is 0 Å². The molecule has 4 nitrogen and oxygen atoms in total. The lowest BCUT2D eigenvalue weighted by Gasteiger charge is -2.28.